The molecule has 3 rings (SSSR count). The van der Waals surface area contributed by atoms with Gasteiger partial charge in [0.05, 0.1) is 6.26 Å². The highest BCUT2D eigenvalue weighted by atomic mass is 35.5. The minimum absolute atomic E-state index is 0.242. The first-order valence-corrected chi connectivity index (χ1v) is 6.40. The largest absolute Gasteiger partial charge is 0.453 e. The van der Waals surface area contributed by atoms with Gasteiger partial charge in [0.25, 0.3) is 0 Å². The lowest BCUT2D eigenvalue weighted by Gasteiger charge is -2.10. The van der Waals surface area contributed by atoms with E-state index in [4.69, 9.17) is 16.0 Å². The Morgan fingerprint density at radius 3 is 2.82 bits per heavy atom. The molecule has 0 amide bonds. The molecule has 0 aliphatic heterocycles. The van der Waals surface area contributed by atoms with E-state index < -0.39 is 6.10 Å². The van der Waals surface area contributed by atoms with Crippen LogP contribution in [-0.2, 0) is 0 Å². The molecule has 2 heterocycles. The van der Waals surface area contributed by atoms with Crippen molar-refractivity contribution in [2.45, 2.75) is 6.10 Å². The van der Waals surface area contributed by atoms with Crippen LogP contribution in [0.25, 0.3) is 10.1 Å². The topological polar surface area (TPSA) is 33.4 Å². The minimum atomic E-state index is -0.747. The molecule has 3 aromatic rings. The zero-order valence-corrected chi connectivity index (χ0v) is 10.3. The maximum Gasteiger partial charge on any atom is 0.199 e. The van der Waals surface area contributed by atoms with E-state index >= 15 is 0 Å². The standard InChI is InChI=1S/C13H9ClO2S/c14-13-10(4-6-16-13)11(15)9-3-1-2-8-5-7-17-12(8)9/h1-7,11,15H. The normalized spacial score (nSPS) is 13.1. The van der Waals surface area contributed by atoms with Crippen molar-refractivity contribution in [3.63, 3.8) is 0 Å². The Labute approximate surface area is 107 Å². The molecule has 0 aliphatic rings. The van der Waals surface area contributed by atoms with Crippen LogP contribution < -0.4 is 0 Å². The maximum absolute atomic E-state index is 10.3. The number of aliphatic hydroxyl groups excluding tert-OH is 1. The Morgan fingerprint density at radius 1 is 1.18 bits per heavy atom. The van der Waals surface area contributed by atoms with Crippen LogP contribution >= 0.6 is 22.9 Å². The van der Waals surface area contributed by atoms with Crippen LogP contribution in [0.5, 0.6) is 0 Å². The van der Waals surface area contributed by atoms with Gasteiger partial charge in [-0.15, -0.1) is 11.3 Å². The summed E-state index contributed by atoms with van der Waals surface area (Å²) >= 11 is 7.50. The highest BCUT2D eigenvalue weighted by Gasteiger charge is 2.18. The Hall–Kier alpha value is -1.29. The van der Waals surface area contributed by atoms with Crippen molar-refractivity contribution in [3.05, 3.63) is 58.3 Å². The second kappa shape index (κ2) is 4.18. The molecule has 0 saturated carbocycles. The summed E-state index contributed by atoms with van der Waals surface area (Å²) in [7, 11) is 0. The van der Waals surface area contributed by atoms with Crippen LogP contribution in [0.3, 0.4) is 0 Å². The summed E-state index contributed by atoms with van der Waals surface area (Å²) in [6.07, 6.45) is 0.735. The van der Waals surface area contributed by atoms with E-state index in [2.05, 4.69) is 0 Å². The lowest BCUT2D eigenvalue weighted by molar-refractivity contribution is 0.221. The van der Waals surface area contributed by atoms with E-state index in [1.807, 2.05) is 29.6 Å². The number of hydrogen-bond donors (Lipinski definition) is 1. The summed E-state index contributed by atoms with van der Waals surface area (Å²) < 4.78 is 6.09. The summed E-state index contributed by atoms with van der Waals surface area (Å²) in [5.74, 6) is 0. The van der Waals surface area contributed by atoms with Crippen molar-refractivity contribution < 1.29 is 9.52 Å². The predicted molar refractivity (Wildman–Crippen MR) is 69.6 cm³/mol. The SMILES string of the molecule is OC(c1ccoc1Cl)c1cccc2ccsc12. The van der Waals surface area contributed by atoms with Gasteiger partial charge in [0.15, 0.2) is 5.22 Å². The monoisotopic (exact) mass is 264 g/mol. The Balaban J connectivity index is 2.15. The number of benzene rings is 1. The van der Waals surface area contributed by atoms with Gasteiger partial charge in [-0.1, -0.05) is 18.2 Å². The average Bonchev–Trinajstić information content (AvgIpc) is 2.95. The Morgan fingerprint density at radius 2 is 2.06 bits per heavy atom. The van der Waals surface area contributed by atoms with E-state index in [0.29, 0.717) is 5.56 Å². The third-order valence-corrected chi connectivity index (χ3v) is 4.03. The number of thiophene rings is 1. The predicted octanol–water partition coefficient (Wildman–Crippen LogP) is 4.23. The molecule has 0 bridgehead atoms. The van der Waals surface area contributed by atoms with Crippen LogP contribution in [-0.4, -0.2) is 5.11 Å². The molecule has 17 heavy (non-hydrogen) atoms. The quantitative estimate of drug-likeness (QED) is 0.751. The van der Waals surface area contributed by atoms with E-state index in [0.717, 1.165) is 15.6 Å². The zero-order valence-electron chi connectivity index (χ0n) is 8.76. The highest BCUT2D eigenvalue weighted by Crippen LogP contribution is 2.35. The van der Waals surface area contributed by atoms with Gasteiger partial charge in [0.1, 0.15) is 6.10 Å². The number of aliphatic hydroxyl groups is 1. The molecule has 0 spiro atoms. The lowest BCUT2D eigenvalue weighted by atomic mass is 10.0. The molecule has 0 aliphatic carbocycles. The molecule has 1 aromatic carbocycles. The van der Waals surface area contributed by atoms with Gasteiger partial charge in [-0.25, -0.2) is 0 Å². The molecule has 0 saturated heterocycles. The summed E-state index contributed by atoms with van der Waals surface area (Å²) in [6.45, 7) is 0. The zero-order chi connectivity index (χ0) is 11.8. The number of hydrogen-bond acceptors (Lipinski definition) is 3. The molecule has 0 radical (unpaired) electrons. The molecular formula is C13H9ClO2S. The van der Waals surface area contributed by atoms with Crippen LogP contribution in [0.1, 0.15) is 17.2 Å². The molecule has 4 heteroatoms. The summed E-state index contributed by atoms with van der Waals surface area (Å²) in [5, 5.41) is 13.7. The summed E-state index contributed by atoms with van der Waals surface area (Å²) in [4.78, 5) is 0. The minimum Gasteiger partial charge on any atom is -0.453 e. The average molecular weight is 265 g/mol. The number of rotatable bonds is 2. The van der Waals surface area contributed by atoms with Gasteiger partial charge < -0.3 is 9.52 Å². The molecule has 1 unspecified atom stereocenters. The third-order valence-electron chi connectivity index (χ3n) is 2.74. The van der Waals surface area contributed by atoms with Gasteiger partial charge in [0, 0.05) is 15.8 Å². The fourth-order valence-corrected chi connectivity index (χ4v) is 3.05. The van der Waals surface area contributed by atoms with Crippen molar-refractivity contribution >= 4 is 33.0 Å². The molecule has 2 nitrogen and oxygen atoms in total. The van der Waals surface area contributed by atoms with E-state index in [1.165, 1.54) is 6.26 Å². The fraction of sp³-hybridized carbons (Fsp3) is 0.0769. The first-order chi connectivity index (χ1) is 8.27. The summed E-state index contributed by atoms with van der Waals surface area (Å²) in [5.41, 5.74) is 1.47. The van der Waals surface area contributed by atoms with Crippen molar-refractivity contribution in [3.8, 4) is 0 Å². The van der Waals surface area contributed by atoms with Crippen LogP contribution in [0.2, 0.25) is 5.22 Å². The smallest absolute Gasteiger partial charge is 0.199 e. The van der Waals surface area contributed by atoms with Crippen molar-refractivity contribution in [2.24, 2.45) is 0 Å². The number of furan rings is 1. The van der Waals surface area contributed by atoms with Crippen LogP contribution in [0.4, 0.5) is 0 Å². The lowest BCUT2D eigenvalue weighted by Crippen LogP contribution is -1.98. The van der Waals surface area contributed by atoms with Crippen molar-refractivity contribution in [1.82, 2.24) is 0 Å². The molecule has 1 N–H and O–H groups in total. The Kier molecular flexibility index (Phi) is 2.67. The van der Waals surface area contributed by atoms with Gasteiger partial charge in [-0.05, 0) is 34.5 Å². The molecule has 2 aromatic heterocycles. The van der Waals surface area contributed by atoms with Gasteiger partial charge in [0.2, 0.25) is 0 Å². The third kappa shape index (κ3) is 1.76. The second-order valence-corrected chi connectivity index (χ2v) is 5.00. The first-order valence-electron chi connectivity index (χ1n) is 5.14. The van der Waals surface area contributed by atoms with Gasteiger partial charge in [-0.3, -0.25) is 0 Å². The molecular weight excluding hydrogens is 256 g/mol. The van der Waals surface area contributed by atoms with Crippen molar-refractivity contribution in [1.29, 1.82) is 0 Å². The fourth-order valence-electron chi connectivity index (χ4n) is 1.90. The second-order valence-electron chi connectivity index (χ2n) is 3.74. The van der Waals surface area contributed by atoms with E-state index in [9.17, 15) is 5.11 Å². The summed E-state index contributed by atoms with van der Waals surface area (Å²) in [6, 6.07) is 9.60. The van der Waals surface area contributed by atoms with Gasteiger partial charge in [-0.2, -0.15) is 0 Å². The highest BCUT2D eigenvalue weighted by molar-refractivity contribution is 7.17. The maximum atomic E-state index is 10.3. The molecule has 86 valence electrons. The molecule has 0 fully saturated rings. The number of halogens is 1. The first kappa shape index (κ1) is 10.8. The van der Waals surface area contributed by atoms with Crippen LogP contribution in [0, 0.1) is 0 Å². The Bertz CT molecular complexity index is 656. The van der Waals surface area contributed by atoms with E-state index in [1.54, 1.807) is 17.4 Å². The molecule has 1 atom stereocenters. The van der Waals surface area contributed by atoms with Crippen molar-refractivity contribution in [2.75, 3.05) is 0 Å². The number of fused-ring (bicyclic) bond motifs is 1. The van der Waals surface area contributed by atoms with E-state index in [-0.39, 0.29) is 5.22 Å². The van der Waals surface area contributed by atoms with Gasteiger partial charge >= 0.3 is 0 Å². The van der Waals surface area contributed by atoms with Crippen LogP contribution in [0.15, 0.2) is 46.4 Å².